The minimum Gasteiger partial charge on any atom is -0.472 e. The second-order valence-corrected chi connectivity index (χ2v) is 9.40. The molecule has 3 heterocycles. The summed E-state index contributed by atoms with van der Waals surface area (Å²) in [5.74, 6) is 2.16. The Morgan fingerprint density at radius 3 is 2.76 bits per heavy atom. The Bertz CT molecular complexity index is 944. The van der Waals surface area contributed by atoms with Crippen molar-refractivity contribution >= 4 is 5.91 Å². The number of pyridine rings is 1. The smallest absolute Gasteiger partial charge is 0.272 e. The number of aromatic nitrogens is 2. The summed E-state index contributed by atoms with van der Waals surface area (Å²) in [5.41, 5.74) is 2.15. The molecule has 7 nitrogen and oxygen atoms in total. The van der Waals surface area contributed by atoms with E-state index in [9.17, 15) is 13.6 Å². The molecule has 1 saturated carbocycles. The summed E-state index contributed by atoms with van der Waals surface area (Å²) in [4.78, 5) is 23.2. The van der Waals surface area contributed by atoms with Crippen molar-refractivity contribution in [2.75, 3.05) is 26.2 Å². The maximum atomic E-state index is 12.4. The number of fused-ring (bicyclic) bond motifs is 1. The standard InChI is InChI=1S/C25H34F2N4O3/c1-17-28-15-21(34-17)14-24(32)29-20-5-2-18(3-6-20)8-11-31-12-9-19-4-7-25(33-16-23(26)27)30-22(19)10-13-31/h4,7,15,18,20,23H,2-3,5-6,8-14,16H2,1H3,(H,29,32). The van der Waals surface area contributed by atoms with E-state index in [2.05, 4.69) is 20.2 Å². The third kappa shape index (κ3) is 7.22. The van der Waals surface area contributed by atoms with Crippen molar-refractivity contribution < 1.29 is 22.7 Å². The summed E-state index contributed by atoms with van der Waals surface area (Å²) in [6.07, 6.45) is 6.54. The van der Waals surface area contributed by atoms with Gasteiger partial charge in [0.15, 0.2) is 12.5 Å². The number of alkyl halides is 2. The van der Waals surface area contributed by atoms with Crippen LogP contribution in [-0.4, -0.2) is 59.5 Å². The lowest BCUT2D eigenvalue weighted by Gasteiger charge is -2.30. The first kappa shape index (κ1) is 24.6. The molecule has 0 unspecified atom stereocenters. The lowest BCUT2D eigenvalue weighted by molar-refractivity contribution is -0.121. The van der Waals surface area contributed by atoms with E-state index in [0.717, 1.165) is 70.3 Å². The molecule has 1 fully saturated rings. The second-order valence-electron chi connectivity index (χ2n) is 9.40. The van der Waals surface area contributed by atoms with Crippen molar-refractivity contribution in [3.63, 3.8) is 0 Å². The van der Waals surface area contributed by atoms with Gasteiger partial charge in [0, 0.05) is 44.2 Å². The molecule has 0 atom stereocenters. The van der Waals surface area contributed by atoms with Crippen LogP contribution in [0.2, 0.25) is 0 Å². The molecule has 4 rings (SSSR count). The van der Waals surface area contributed by atoms with Gasteiger partial charge in [-0.2, -0.15) is 0 Å². The van der Waals surface area contributed by atoms with E-state index in [1.165, 1.54) is 5.56 Å². The quantitative estimate of drug-likeness (QED) is 0.594. The number of aryl methyl sites for hydroxylation is 1. The lowest BCUT2D eigenvalue weighted by Crippen LogP contribution is -2.39. The summed E-state index contributed by atoms with van der Waals surface area (Å²) in [7, 11) is 0. The first-order valence-electron chi connectivity index (χ1n) is 12.3. The number of nitrogens with one attached hydrogen (secondary N) is 1. The Labute approximate surface area is 199 Å². The van der Waals surface area contributed by atoms with Crippen molar-refractivity contribution in [3.8, 4) is 5.88 Å². The van der Waals surface area contributed by atoms with E-state index >= 15 is 0 Å². The molecule has 186 valence electrons. The summed E-state index contributed by atoms with van der Waals surface area (Å²) < 4.78 is 35.3. The van der Waals surface area contributed by atoms with E-state index in [0.29, 0.717) is 17.6 Å². The molecule has 2 aliphatic rings. The van der Waals surface area contributed by atoms with E-state index in [1.54, 1.807) is 19.2 Å². The van der Waals surface area contributed by atoms with Crippen molar-refractivity contribution in [1.82, 2.24) is 20.2 Å². The summed E-state index contributed by atoms with van der Waals surface area (Å²) in [6, 6.07) is 3.90. The molecule has 0 aromatic carbocycles. The summed E-state index contributed by atoms with van der Waals surface area (Å²) in [5, 5.41) is 3.14. The Morgan fingerprint density at radius 2 is 2.03 bits per heavy atom. The fourth-order valence-corrected chi connectivity index (χ4v) is 4.95. The molecule has 1 aliphatic heterocycles. The van der Waals surface area contributed by atoms with Crippen LogP contribution in [0.25, 0.3) is 0 Å². The minimum absolute atomic E-state index is 0.0000979. The van der Waals surface area contributed by atoms with Crippen molar-refractivity contribution in [2.45, 2.75) is 70.8 Å². The van der Waals surface area contributed by atoms with E-state index in [1.807, 2.05) is 6.07 Å². The van der Waals surface area contributed by atoms with Gasteiger partial charge in [0.05, 0.1) is 12.6 Å². The van der Waals surface area contributed by atoms with Gasteiger partial charge in [-0.25, -0.2) is 18.7 Å². The van der Waals surface area contributed by atoms with Crippen molar-refractivity contribution in [1.29, 1.82) is 0 Å². The molecule has 2 aromatic heterocycles. The van der Waals surface area contributed by atoms with Crippen molar-refractivity contribution in [3.05, 3.63) is 41.2 Å². The predicted molar refractivity (Wildman–Crippen MR) is 123 cm³/mol. The fourth-order valence-electron chi connectivity index (χ4n) is 4.95. The van der Waals surface area contributed by atoms with Gasteiger partial charge >= 0.3 is 0 Å². The number of carbonyl (C=O) groups is 1. The van der Waals surface area contributed by atoms with Gasteiger partial charge in [-0.15, -0.1) is 0 Å². The van der Waals surface area contributed by atoms with Crippen molar-refractivity contribution in [2.24, 2.45) is 5.92 Å². The molecule has 9 heteroatoms. The zero-order chi connectivity index (χ0) is 23.9. The van der Waals surface area contributed by atoms with E-state index in [-0.39, 0.29) is 24.2 Å². The number of rotatable bonds is 9. The zero-order valence-electron chi connectivity index (χ0n) is 19.8. The zero-order valence-corrected chi connectivity index (χ0v) is 19.8. The summed E-state index contributed by atoms with van der Waals surface area (Å²) >= 11 is 0. The van der Waals surface area contributed by atoms with Gasteiger partial charge in [-0.3, -0.25) is 4.79 Å². The van der Waals surface area contributed by atoms with Crippen LogP contribution < -0.4 is 10.1 Å². The normalized spacial score (nSPS) is 21.2. The van der Waals surface area contributed by atoms with Gasteiger partial charge in [-0.1, -0.05) is 6.07 Å². The molecule has 1 aliphatic carbocycles. The molecule has 1 N–H and O–H groups in total. The number of halogens is 2. The molecule has 0 spiro atoms. The van der Waals surface area contributed by atoms with Gasteiger partial charge in [-0.05, 0) is 56.6 Å². The van der Waals surface area contributed by atoms with Gasteiger partial charge < -0.3 is 19.4 Å². The number of oxazole rings is 1. The van der Waals surface area contributed by atoms with Crippen LogP contribution >= 0.6 is 0 Å². The fraction of sp³-hybridized carbons (Fsp3) is 0.640. The molecular weight excluding hydrogens is 442 g/mol. The highest BCUT2D eigenvalue weighted by atomic mass is 19.3. The highest BCUT2D eigenvalue weighted by molar-refractivity contribution is 5.78. The Hall–Kier alpha value is -2.55. The molecule has 34 heavy (non-hydrogen) atoms. The molecule has 1 amide bonds. The van der Waals surface area contributed by atoms with Crippen LogP contribution in [0, 0.1) is 12.8 Å². The first-order chi connectivity index (χ1) is 16.4. The number of amides is 1. The van der Waals surface area contributed by atoms with Crippen LogP contribution in [-0.2, 0) is 24.1 Å². The minimum atomic E-state index is -2.49. The Balaban J connectivity index is 1.15. The monoisotopic (exact) mass is 476 g/mol. The van der Waals surface area contributed by atoms with E-state index < -0.39 is 13.0 Å². The highest BCUT2D eigenvalue weighted by Crippen LogP contribution is 2.28. The second kappa shape index (κ2) is 11.7. The first-order valence-corrected chi connectivity index (χ1v) is 12.3. The molecule has 2 aromatic rings. The Kier molecular flexibility index (Phi) is 8.48. The maximum absolute atomic E-state index is 12.4. The molecule has 0 radical (unpaired) electrons. The van der Waals surface area contributed by atoms with Crippen LogP contribution in [0.15, 0.2) is 22.7 Å². The van der Waals surface area contributed by atoms with E-state index in [4.69, 9.17) is 9.15 Å². The largest absolute Gasteiger partial charge is 0.472 e. The van der Waals surface area contributed by atoms with Gasteiger partial charge in [0.1, 0.15) is 5.76 Å². The summed E-state index contributed by atoms with van der Waals surface area (Å²) in [6.45, 7) is 4.11. The van der Waals surface area contributed by atoms with Gasteiger partial charge in [0.2, 0.25) is 11.8 Å². The average Bonchev–Trinajstić information content (AvgIpc) is 3.11. The SMILES string of the molecule is Cc1ncc(CC(=O)NC2CCC(CCN3CCc4ccc(OCC(F)F)nc4CC3)CC2)o1. The number of hydrogen-bond donors (Lipinski definition) is 1. The predicted octanol–water partition coefficient (Wildman–Crippen LogP) is 3.73. The topological polar surface area (TPSA) is 80.5 Å². The number of hydrogen-bond acceptors (Lipinski definition) is 6. The Morgan fingerprint density at radius 1 is 1.24 bits per heavy atom. The number of ether oxygens (including phenoxy) is 1. The average molecular weight is 477 g/mol. The highest BCUT2D eigenvalue weighted by Gasteiger charge is 2.24. The number of nitrogens with zero attached hydrogens (tertiary/aromatic N) is 3. The maximum Gasteiger partial charge on any atom is 0.272 e. The van der Waals surface area contributed by atoms with Crippen LogP contribution in [0.4, 0.5) is 8.78 Å². The van der Waals surface area contributed by atoms with Crippen LogP contribution in [0.5, 0.6) is 5.88 Å². The molecule has 0 bridgehead atoms. The third-order valence-corrected chi connectivity index (χ3v) is 6.83. The van der Waals surface area contributed by atoms with Gasteiger partial charge in [0.25, 0.3) is 6.43 Å². The lowest BCUT2D eigenvalue weighted by atomic mass is 9.84. The number of carbonyl (C=O) groups excluding carboxylic acids is 1. The third-order valence-electron chi connectivity index (χ3n) is 6.83. The van der Waals surface area contributed by atoms with Crippen LogP contribution in [0.1, 0.15) is 55.0 Å². The van der Waals surface area contributed by atoms with Crippen LogP contribution in [0.3, 0.4) is 0 Å². The molecular formula is C25H34F2N4O3. The molecule has 0 saturated heterocycles.